The van der Waals surface area contributed by atoms with E-state index in [2.05, 4.69) is 5.32 Å². The van der Waals surface area contributed by atoms with Gasteiger partial charge >= 0.3 is 11.9 Å². The standard InChI is InChI=1S/C8H7NO3.Cu/c10-7(8(11)12)9-6-4-2-1-3-5-6;/h1-5H,(H,9,10)(H,11,12);. The molecule has 0 unspecified atom stereocenters. The van der Waals surface area contributed by atoms with Gasteiger partial charge in [0, 0.05) is 22.8 Å². The zero-order valence-electron chi connectivity index (χ0n) is 6.45. The van der Waals surface area contributed by atoms with Crippen molar-refractivity contribution in [3.8, 4) is 0 Å². The predicted octanol–water partition coefficient (Wildman–Crippen LogP) is 0.707. The van der Waals surface area contributed by atoms with Crippen molar-refractivity contribution in [1.82, 2.24) is 0 Å². The first-order chi connectivity index (χ1) is 5.70. The van der Waals surface area contributed by atoms with Crippen molar-refractivity contribution >= 4 is 17.6 Å². The zero-order chi connectivity index (χ0) is 8.97. The molecule has 1 amide bonds. The molecular formula is C8H7CuNO3. The average molecular weight is 229 g/mol. The quantitative estimate of drug-likeness (QED) is 0.550. The topological polar surface area (TPSA) is 66.4 Å². The third-order valence-electron chi connectivity index (χ3n) is 1.23. The normalized spacial score (nSPS) is 8.31. The molecule has 4 nitrogen and oxygen atoms in total. The van der Waals surface area contributed by atoms with Crippen LogP contribution in [0.5, 0.6) is 0 Å². The van der Waals surface area contributed by atoms with E-state index in [1.807, 2.05) is 0 Å². The maximum absolute atomic E-state index is 10.6. The van der Waals surface area contributed by atoms with E-state index >= 15 is 0 Å². The van der Waals surface area contributed by atoms with Gasteiger partial charge in [-0.2, -0.15) is 0 Å². The summed E-state index contributed by atoms with van der Waals surface area (Å²) < 4.78 is 0. The number of benzene rings is 1. The SMILES string of the molecule is O=C(O)C(=O)Nc1ccccc1.[Cu]. The number of para-hydroxylation sites is 1. The van der Waals surface area contributed by atoms with Crippen LogP contribution in [0.1, 0.15) is 0 Å². The van der Waals surface area contributed by atoms with Gasteiger partial charge in [0.2, 0.25) is 0 Å². The average Bonchev–Trinajstić information content (AvgIpc) is 2.06. The molecule has 0 spiro atoms. The molecule has 0 bridgehead atoms. The fraction of sp³-hybridized carbons (Fsp3) is 0. The van der Waals surface area contributed by atoms with Crippen LogP contribution in [0.2, 0.25) is 0 Å². The Kier molecular flexibility index (Phi) is 4.80. The third-order valence-corrected chi connectivity index (χ3v) is 1.23. The smallest absolute Gasteiger partial charge is 0.394 e. The Morgan fingerprint density at radius 3 is 2.15 bits per heavy atom. The van der Waals surface area contributed by atoms with E-state index in [4.69, 9.17) is 5.11 Å². The van der Waals surface area contributed by atoms with Gasteiger partial charge in [0.05, 0.1) is 0 Å². The molecule has 0 aromatic heterocycles. The van der Waals surface area contributed by atoms with Crippen LogP contribution in [-0.2, 0) is 26.7 Å². The predicted molar refractivity (Wildman–Crippen MR) is 42.7 cm³/mol. The first-order valence-electron chi connectivity index (χ1n) is 3.29. The molecule has 0 saturated heterocycles. The summed E-state index contributed by atoms with van der Waals surface area (Å²) in [5.41, 5.74) is 0.477. The van der Waals surface area contributed by atoms with Crippen molar-refractivity contribution in [2.75, 3.05) is 5.32 Å². The monoisotopic (exact) mass is 228 g/mol. The van der Waals surface area contributed by atoms with Crippen LogP contribution in [0.15, 0.2) is 30.3 Å². The first-order valence-corrected chi connectivity index (χ1v) is 3.29. The molecule has 0 saturated carbocycles. The summed E-state index contributed by atoms with van der Waals surface area (Å²) in [5.74, 6) is -2.51. The van der Waals surface area contributed by atoms with Gasteiger partial charge in [-0.1, -0.05) is 18.2 Å². The minimum absolute atomic E-state index is 0. The molecule has 0 atom stereocenters. The Balaban J connectivity index is 0.00000144. The van der Waals surface area contributed by atoms with E-state index in [-0.39, 0.29) is 17.1 Å². The third kappa shape index (κ3) is 3.73. The Hall–Kier alpha value is -1.32. The number of carboxylic acids is 1. The molecule has 1 aromatic rings. The van der Waals surface area contributed by atoms with Crippen LogP contribution in [0.4, 0.5) is 5.69 Å². The largest absolute Gasteiger partial charge is 0.474 e. The van der Waals surface area contributed by atoms with E-state index in [0.29, 0.717) is 5.69 Å². The molecule has 73 valence electrons. The van der Waals surface area contributed by atoms with Gasteiger partial charge in [-0.05, 0) is 12.1 Å². The van der Waals surface area contributed by atoms with E-state index in [9.17, 15) is 9.59 Å². The minimum atomic E-state index is -1.49. The summed E-state index contributed by atoms with van der Waals surface area (Å²) >= 11 is 0. The first kappa shape index (κ1) is 11.7. The van der Waals surface area contributed by atoms with Gasteiger partial charge in [0.1, 0.15) is 0 Å². The number of hydrogen-bond acceptors (Lipinski definition) is 2. The summed E-state index contributed by atoms with van der Waals surface area (Å²) in [6.07, 6.45) is 0. The number of anilines is 1. The molecule has 5 heteroatoms. The second-order valence-electron chi connectivity index (χ2n) is 2.13. The van der Waals surface area contributed by atoms with Crippen LogP contribution in [0, 0.1) is 0 Å². The minimum Gasteiger partial charge on any atom is -0.474 e. The number of carbonyl (C=O) groups excluding carboxylic acids is 1. The Labute approximate surface area is 85.4 Å². The van der Waals surface area contributed by atoms with Crippen LogP contribution in [0.25, 0.3) is 0 Å². The molecule has 1 rings (SSSR count). The maximum atomic E-state index is 10.6. The molecule has 1 radical (unpaired) electrons. The van der Waals surface area contributed by atoms with Crippen LogP contribution in [0.3, 0.4) is 0 Å². The molecule has 0 aliphatic heterocycles. The van der Waals surface area contributed by atoms with E-state index < -0.39 is 11.9 Å². The van der Waals surface area contributed by atoms with Gasteiger partial charge in [-0.15, -0.1) is 0 Å². The second kappa shape index (κ2) is 5.35. The molecule has 0 heterocycles. The number of rotatable bonds is 1. The number of carbonyl (C=O) groups is 2. The zero-order valence-corrected chi connectivity index (χ0v) is 7.39. The van der Waals surface area contributed by atoms with Gasteiger partial charge in [-0.25, -0.2) is 4.79 Å². The van der Waals surface area contributed by atoms with E-state index in [1.54, 1.807) is 30.3 Å². The summed E-state index contributed by atoms with van der Waals surface area (Å²) in [4.78, 5) is 20.7. The number of hydrogen-bond donors (Lipinski definition) is 2. The Bertz CT molecular complexity index is 300. The van der Waals surface area contributed by atoms with Gasteiger partial charge in [0.25, 0.3) is 0 Å². The van der Waals surface area contributed by atoms with Crippen LogP contribution in [-0.4, -0.2) is 17.0 Å². The van der Waals surface area contributed by atoms with Crippen LogP contribution >= 0.6 is 0 Å². The van der Waals surface area contributed by atoms with Gasteiger partial charge in [-0.3, -0.25) is 4.79 Å². The molecular weight excluding hydrogens is 222 g/mol. The van der Waals surface area contributed by atoms with Gasteiger partial charge < -0.3 is 10.4 Å². The van der Waals surface area contributed by atoms with Crippen molar-refractivity contribution in [3.63, 3.8) is 0 Å². The maximum Gasteiger partial charge on any atom is 0.394 e. The van der Waals surface area contributed by atoms with E-state index in [1.165, 1.54) is 0 Å². The van der Waals surface area contributed by atoms with Crippen molar-refractivity contribution in [2.45, 2.75) is 0 Å². The fourth-order valence-corrected chi connectivity index (χ4v) is 0.706. The molecule has 0 fully saturated rings. The second-order valence-corrected chi connectivity index (χ2v) is 2.13. The van der Waals surface area contributed by atoms with Crippen molar-refractivity contribution in [2.24, 2.45) is 0 Å². The fourth-order valence-electron chi connectivity index (χ4n) is 0.706. The summed E-state index contributed by atoms with van der Waals surface area (Å²) in [6.45, 7) is 0. The van der Waals surface area contributed by atoms with Crippen LogP contribution < -0.4 is 5.32 Å². The van der Waals surface area contributed by atoms with E-state index in [0.717, 1.165) is 0 Å². The van der Waals surface area contributed by atoms with Crippen molar-refractivity contribution < 1.29 is 31.8 Å². The van der Waals surface area contributed by atoms with Crippen molar-refractivity contribution in [3.05, 3.63) is 30.3 Å². The van der Waals surface area contributed by atoms with Gasteiger partial charge in [0.15, 0.2) is 0 Å². The molecule has 0 aliphatic carbocycles. The summed E-state index contributed by atoms with van der Waals surface area (Å²) in [5, 5.41) is 10.4. The summed E-state index contributed by atoms with van der Waals surface area (Å²) in [6, 6.07) is 8.41. The summed E-state index contributed by atoms with van der Waals surface area (Å²) in [7, 11) is 0. The molecule has 2 N–H and O–H groups in total. The number of carboxylic acid groups (broad SMARTS) is 1. The number of nitrogens with one attached hydrogen (secondary N) is 1. The Morgan fingerprint density at radius 1 is 1.15 bits per heavy atom. The molecule has 1 aromatic carbocycles. The number of amides is 1. The van der Waals surface area contributed by atoms with Crippen molar-refractivity contribution in [1.29, 1.82) is 0 Å². The Morgan fingerprint density at radius 2 is 1.69 bits per heavy atom. The molecule has 0 aliphatic rings. The molecule has 13 heavy (non-hydrogen) atoms. The number of aliphatic carboxylic acids is 1.